The summed E-state index contributed by atoms with van der Waals surface area (Å²) in [6.07, 6.45) is 3.38. The fourth-order valence-electron chi connectivity index (χ4n) is 3.32. The maximum atomic E-state index is 13.6. The lowest BCUT2D eigenvalue weighted by atomic mass is 10.0. The van der Waals surface area contributed by atoms with Gasteiger partial charge in [-0.1, -0.05) is 6.42 Å². The van der Waals surface area contributed by atoms with Crippen LogP contribution in [-0.2, 0) is 0 Å². The summed E-state index contributed by atoms with van der Waals surface area (Å²) >= 11 is 6.17. The second-order valence-corrected chi connectivity index (χ2v) is 5.49. The number of halogens is 4. The van der Waals surface area contributed by atoms with E-state index in [1.54, 1.807) is 0 Å². The van der Waals surface area contributed by atoms with Crippen molar-refractivity contribution in [1.82, 2.24) is 0 Å². The summed E-state index contributed by atoms with van der Waals surface area (Å²) in [5.74, 6) is -1.44. The van der Waals surface area contributed by atoms with E-state index < -0.39 is 22.8 Å². The first-order valence-corrected chi connectivity index (χ1v) is 6.31. The molecule has 17 heavy (non-hydrogen) atoms. The monoisotopic (exact) mass is 260 g/mol. The van der Waals surface area contributed by atoms with Crippen molar-refractivity contribution >= 4 is 11.6 Å². The van der Waals surface area contributed by atoms with Gasteiger partial charge < -0.3 is 0 Å². The Morgan fingerprint density at radius 2 is 1.59 bits per heavy atom. The quantitative estimate of drug-likeness (QED) is 0.690. The summed E-state index contributed by atoms with van der Waals surface area (Å²) in [7, 11) is 0. The van der Waals surface area contributed by atoms with Crippen LogP contribution in [0, 0.1) is 35.2 Å². The summed E-state index contributed by atoms with van der Waals surface area (Å²) < 4.78 is 39.9. The molecule has 3 atom stereocenters. The normalized spacial score (nSPS) is 32.4. The summed E-state index contributed by atoms with van der Waals surface area (Å²) in [6, 6.07) is 1.40. The second kappa shape index (κ2) is 3.91. The molecule has 1 aromatic rings. The van der Waals surface area contributed by atoms with Crippen LogP contribution in [0.2, 0.25) is 0 Å². The lowest BCUT2D eigenvalue weighted by molar-refractivity contribution is 0.494. The van der Waals surface area contributed by atoms with Crippen molar-refractivity contribution in [2.45, 2.75) is 24.6 Å². The fraction of sp³-hybridized carbons (Fsp3) is 0.538. The third kappa shape index (κ3) is 1.75. The molecule has 2 aliphatic rings. The van der Waals surface area contributed by atoms with Crippen LogP contribution < -0.4 is 0 Å². The molecule has 0 heterocycles. The van der Waals surface area contributed by atoms with E-state index in [9.17, 15) is 13.2 Å². The molecule has 0 radical (unpaired) electrons. The van der Waals surface area contributed by atoms with Gasteiger partial charge in [-0.15, -0.1) is 11.6 Å². The molecular weight excluding hydrogens is 249 g/mol. The highest BCUT2D eigenvalue weighted by atomic mass is 35.5. The van der Waals surface area contributed by atoms with Crippen LogP contribution in [0.1, 0.15) is 30.2 Å². The van der Waals surface area contributed by atoms with E-state index in [1.165, 1.54) is 6.42 Å². The van der Waals surface area contributed by atoms with Gasteiger partial charge >= 0.3 is 0 Å². The molecule has 3 rings (SSSR count). The van der Waals surface area contributed by atoms with Gasteiger partial charge in [-0.25, -0.2) is 13.2 Å². The first kappa shape index (κ1) is 11.4. The molecule has 92 valence electrons. The fourth-order valence-corrected chi connectivity index (χ4v) is 3.90. The number of rotatable bonds is 2. The molecule has 0 N–H and O–H groups in total. The summed E-state index contributed by atoms with van der Waals surface area (Å²) in [5.41, 5.74) is -0.160. The number of hydrogen-bond donors (Lipinski definition) is 0. The number of benzene rings is 1. The molecule has 1 aromatic carbocycles. The third-order valence-corrected chi connectivity index (χ3v) is 4.64. The molecule has 0 bridgehead atoms. The first-order valence-electron chi connectivity index (χ1n) is 5.88. The maximum Gasteiger partial charge on any atom is 0.133 e. The minimum absolute atomic E-state index is 0.160. The third-order valence-electron chi connectivity index (χ3n) is 4.13. The van der Waals surface area contributed by atoms with Crippen LogP contribution in [0.4, 0.5) is 13.2 Å². The highest BCUT2D eigenvalue weighted by molar-refractivity contribution is 6.21. The van der Waals surface area contributed by atoms with Gasteiger partial charge in [-0.05, 0) is 30.6 Å². The molecular formula is C13H12ClF3. The summed E-state index contributed by atoms with van der Waals surface area (Å²) in [4.78, 5) is 0. The zero-order valence-electron chi connectivity index (χ0n) is 9.10. The van der Waals surface area contributed by atoms with E-state index in [1.807, 2.05) is 0 Å². The number of alkyl halides is 1. The molecule has 0 amide bonds. The smallest absolute Gasteiger partial charge is 0.133 e. The predicted octanol–water partition coefficient (Wildman–Crippen LogP) is 4.43. The number of fused-ring (bicyclic) bond motifs is 1. The van der Waals surface area contributed by atoms with Gasteiger partial charge in [0.05, 0.1) is 5.38 Å². The van der Waals surface area contributed by atoms with Crippen molar-refractivity contribution in [2.24, 2.45) is 17.8 Å². The Morgan fingerprint density at radius 1 is 1.06 bits per heavy atom. The topological polar surface area (TPSA) is 0 Å². The van der Waals surface area contributed by atoms with Crippen LogP contribution in [0.25, 0.3) is 0 Å². The molecule has 2 saturated carbocycles. The van der Waals surface area contributed by atoms with Gasteiger partial charge in [0.25, 0.3) is 0 Å². The van der Waals surface area contributed by atoms with Gasteiger partial charge in [0.2, 0.25) is 0 Å². The van der Waals surface area contributed by atoms with Crippen LogP contribution in [0.5, 0.6) is 0 Å². The Hall–Kier alpha value is -0.700. The van der Waals surface area contributed by atoms with Crippen molar-refractivity contribution in [3.05, 3.63) is 35.1 Å². The van der Waals surface area contributed by atoms with E-state index in [0.717, 1.165) is 12.8 Å². The van der Waals surface area contributed by atoms with Crippen LogP contribution >= 0.6 is 11.6 Å². The van der Waals surface area contributed by atoms with Crippen molar-refractivity contribution in [2.75, 3.05) is 0 Å². The molecule has 2 fully saturated rings. The minimum Gasteiger partial charge on any atom is -0.207 e. The average Bonchev–Trinajstić information content (AvgIpc) is 2.71. The average molecular weight is 261 g/mol. The van der Waals surface area contributed by atoms with Crippen molar-refractivity contribution < 1.29 is 13.2 Å². The Morgan fingerprint density at radius 3 is 2.12 bits per heavy atom. The van der Waals surface area contributed by atoms with Crippen LogP contribution in [0.15, 0.2) is 12.1 Å². The second-order valence-electron chi connectivity index (χ2n) is 5.02. The van der Waals surface area contributed by atoms with Gasteiger partial charge in [-0.3, -0.25) is 0 Å². The SMILES string of the molecule is Fc1cc(F)c(C(Cl)C2C3CCCC32)c(F)c1. The Bertz CT molecular complexity index is 427. The lowest BCUT2D eigenvalue weighted by Gasteiger charge is -2.13. The molecule has 0 saturated heterocycles. The van der Waals surface area contributed by atoms with Crippen molar-refractivity contribution in [3.8, 4) is 0 Å². The van der Waals surface area contributed by atoms with E-state index in [-0.39, 0.29) is 11.5 Å². The van der Waals surface area contributed by atoms with Crippen molar-refractivity contribution in [3.63, 3.8) is 0 Å². The molecule has 0 aliphatic heterocycles. The molecule has 3 unspecified atom stereocenters. The standard InChI is InChI=1S/C13H12ClF3/c14-13(11-7-2-1-3-8(7)11)12-9(16)4-6(15)5-10(12)17/h4-5,7-8,11,13H,1-3H2. The Kier molecular flexibility index (Phi) is 2.62. The van der Waals surface area contributed by atoms with Gasteiger partial charge in [0.15, 0.2) is 0 Å². The van der Waals surface area contributed by atoms with E-state index in [2.05, 4.69) is 0 Å². The Labute approximate surface area is 103 Å². The zero-order valence-corrected chi connectivity index (χ0v) is 9.85. The molecule has 0 aromatic heterocycles. The van der Waals surface area contributed by atoms with Gasteiger partial charge in [-0.2, -0.15) is 0 Å². The van der Waals surface area contributed by atoms with Gasteiger partial charge in [0, 0.05) is 17.7 Å². The summed E-state index contributed by atoms with van der Waals surface area (Å²) in [5, 5.41) is -0.661. The van der Waals surface area contributed by atoms with E-state index >= 15 is 0 Å². The highest BCUT2D eigenvalue weighted by Gasteiger charge is 2.56. The van der Waals surface area contributed by atoms with Crippen LogP contribution in [-0.4, -0.2) is 0 Å². The molecule has 0 spiro atoms. The molecule has 0 nitrogen and oxygen atoms in total. The van der Waals surface area contributed by atoms with E-state index in [4.69, 9.17) is 11.6 Å². The van der Waals surface area contributed by atoms with Crippen LogP contribution in [0.3, 0.4) is 0 Å². The van der Waals surface area contributed by atoms with Gasteiger partial charge in [0.1, 0.15) is 17.5 Å². The molecule has 4 heteroatoms. The van der Waals surface area contributed by atoms with E-state index in [0.29, 0.717) is 24.0 Å². The number of hydrogen-bond acceptors (Lipinski definition) is 0. The van der Waals surface area contributed by atoms with Crippen molar-refractivity contribution in [1.29, 1.82) is 0 Å². The first-order chi connectivity index (χ1) is 8.09. The largest absolute Gasteiger partial charge is 0.207 e. The molecule has 2 aliphatic carbocycles. The zero-order chi connectivity index (χ0) is 12.2. The summed E-state index contributed by atoms with van der Waals surface area (Å²) in [6.45, 7) is 0. The maximum absolute atomic E-state index is 13.6. The predicted molar refractivity (Wildman–Crippen MR) is 59.2 cm³/mol. The lowest BCUT2D eigenvalue weighted by Crippen LogP contribution is -2.05. The minimum atomic E-state index is -0.899. The highest BCUT2D eigenvalue weighted by Crippen LogP contribution is 2.64. The Balaban J connectivity index is 1.89.